The van der Waals surface area contributed by atoms with Crippen LogP contribution in [0.15, 0.2) is 30.3 Å². The molecule has 1 amide bonds. The molecule has 4 heteroatoms. The van der Waals surface area contributed by atoms with Gasteiger partial charge >= 0.3 is 0 Å². The molecule has 1 atom stereocenters. The van der Waals surface area contributed by atoms with Gasteiger partial charge in [0.1, 0.15) is 6.04 Å². The van der Waals surface area contributed by atoms with Crippen LogP contribution in [-0.4, -0.2) is 23.9 Å². The number of rotatable bonds is 2. The van der Waals surface area contributed by atoms with Crippen molar-refractivity contribution in [2.75, 3.05) is 13.1 Å². The van der Waals surface area contributed by atoms with Gasteiger partial charge in [-0.3, -0.25) is 4.79 Å². The first kappa shape index (κ1) is 12.6. The Labute approximate surface area is 107 Å². The molecule has 0 aromatic heterocycles. The first-order valence-corrected chi connectivity index (χ1v) is 6.21. The van der Waals surface area contributed by atoms with Crippen LogP contribution in [0.5, 0.6) is 0 Å². The maximum Gasteiger partial charge on any atom is 0.244 e. The average molecular weight is 243 g/mol. The minimum Gasteiger partial charge on any atom is -0.341 e. The van der Waals surface area contributed by atoms with Crippen molar-refractivity contribution in [3.8, 4) is 6.07 Å². The number of carbonyl (C=O) groups is 1. The summed E-state index contributed by atoms with van der Waals surface area (Å²) >= 11 is 0. The molecule has 94 valence electrons. The molecule has 1 saturated heterocycles. The molecule has 0 aliphatic carbocycles. The molecule has 0 saturated carbocycles. The van der Waals surface area contributed by atoms with E-state index in [0.29, 0.717) is 13.1 Å². The zero-order valence-electron chi connectivity index (χ0n) is 10.2. The number of nitriles is 1. The van der Waals surface area contributed by atoms with E-state index < -0.39 is 6.04 Å². The lowest BCUT2D eigenvalue weighted by Gasteiger charge is -2.31. The van der Waals surface area contributed by atoms with E-state index in [1.54, 1.807) is 4.90 Å². The van der Waals surface area contributed by atoms with Gasteiger partial charge in [0, 0.05) is 19.0 Å². The molecule has 0 spiro atoms. The summed E-state index contributed by atoms with van der Waals surface area (Å²) in [6.07, 6.45) is 1.51. The van der Waals surface area contributed by atoms with Crippen LogP contribution in [-0.2, 0) is 4.79 Å². The van der Waals surface area contributed by atoms with E-state index >= 15 is 0 Å². The molecular weight excluding hydrogens is 226 g/mol. The van der Waals surface area contributed by atoms with Gasteiger partial charge in [0.2, 0.25) is 5.91 Å². The van der Waals surface area contributed by atoms with Crippen molar-refractivity contribution in [3.63, 3.8) is 0 Å². The zero-order chi connectivity index (χ0) is 13.0. The Morgan fingerprint density at radius 3 is 2.50 bits per heavy atom. The van der Waals surface area contributed by atoms with E-state index in [-0.39, 0.29) is 11.8 Å². The molecule has 2 N–H and O–H groups in total. The third kappa shape index (κ3) is 2.69. The summed E-state index contributed by atoms with van der Waals surface area (Å²) in [4.78, 5) is 14.0. The lowest BCUT2D eigenvalue weighted by Crippen LogP contribution is -2.43. The van der Waals surface area contributed by atoms with E-state index in [2.05, 4.69) is 6.07 Å². The monoisotopic (exact) mass is 243 g/mol. The Hall–Kier alpha value is -1.86. The molecule has 0 unspecified atom stereocenters. The summed E-state index contributed by atoms with van der Waals surface area (Å²) in [5.41, 5.74) is 6.82. The summed E-state index contributed by atoms with van der Waals surface area (Å²) < 4.78 is 0. The van der Waals surface area contributed by atoms with Crippen LogP contribution in [0.2, 0.25) is 0 Å². The molecule has 0 bridgehead atoms. The second-order valence-corrected chi connectivity index (χ2v) is 4.62. The topological polar surface area (TPSA) is 70.1 Å². The molecule has 1 heterocycles. The van der Waals surface area contributed by atoms with Crippen molar-refractivity contribution in [1.29, 1.82) is 5.26 Å². The fraction of sp³-hybridized carbons (Fsp3) is 0.429. The highest BCUT2D eigenvalue weighted by atomic mass is 16.2. The van der Waals surface area contributed by atoms with Crippen molar-refractivity contribution in [1.82, 2.24) is 4.90 Å². The van der Waals surface area contributed by atoms with E-state index in [9.17, 15) is 4.79 Å². The Kier molecular flexibility index (Phi) is 3.96. The molecule has 1 aliphatic heterocycles. The van der Waals surface area contributed by atoms with Crippen molar-refractivity contribution in [2.45, 2.75) is 18.9 Å². The molecule has 1 fully saturated rings. The van der Waals surface area contributed by atoms with E-state index in [1.807, 2.05) is 30.3 Å². The van der Waals surface area contributed by atoms with Crippen molar-refractivity contribution >= 4 is 5.91 Å². The van der Waals surface area contributed by atoms with Gasteiger partial charge in [0.15, 0.2) is 0 Å². The summed E-state index contributed by atoms with van der Waals surface area (Å²) in [6.45, 7) is 1.27. The standard InChI is InChI=1S/C14H17N3O/c15-10-11-6-8-17(9-7-11)14(18)13(16)12-4-2-1-3-5-12/h1-5,11,13H,6-9,16H2/t13-/m1/s1. The van der Waals surface area contributed by atoms with E-state index in [0.717, 1.165) is 18.4 Å². The Morgan fingerprint density at radius 2 is 1.94 bits per heavy atom. The minimum absolute atomic E-state index is 0.0439. The van der Waals surface area contributed by atoms with Crippen LogP contribution < -0.4 is 5.73 Å². The maximum atomic E-state index is 12.2. The van der Waals surface area contributed by atoms with Gasteiger partial charge < -0.3 is 10.6 Å². The average Bonchev–Trinajstić information content (AvgIpc) is 2.47. The van der Waals surface area contributed by atoms with Crippen molar-refractivity contribution < 1.29 is 4.79 Å². The zero-order valence-corrected chi connectivity index (χ0v) is 10.2. The van der Waals surface area contributed by atoms with Gasteiger partial charge in [0.25, 0.3) is 0 Å². The van der Waals surface area contributed by atoms with E-state index in [1.165, 1.54) is 0 Å². The van der Waals surface area contributed by atoms with Crippen LogP contribution >= 0.6 is 0 Å². The number of benzene rings is 1. The fourth-order valence-electron chi connectivity index (χ4n) is 2.23. The number of nitrogens with two attached hydrogens (primary N) is 1. The summed E-state index contributed by atoms with van der Waals surface area (Å²) in [7, 11) is 0. The van der Waals surface area contributed by atoms with Gasteiger partial charge in [-0.1, -0.05) is 30.3 Å². The molecule has 0 radical (unpaired) electrons. The number of amides is 1. The summed E-state index contributed by atoms with van der Waals surface area (Å²) in [6, 6.07) is 11.1. The SMILES string of the molecule is N#CC1CCN(C(=O)[C@H](N)c2ccccc2)CC1. The Balaban J connectivity index is 1.98. The van der Waals surface area contributed by atoms with Crippen molar-refractivity contribution in [2.24, 2.45) is 11.7 Å². The highest BCUT2D eigenvalue weighted by Gasteiger charge is 2.26. The van der Waals surface area contributed by atoms with Crippen LogP contribution in [0.3, 0.4) is 0 Å². The molecule has 1 aromatic rings. The van der Waals surface area contributed by atoms with Crippen LogP contribution in [0.25, 0.3) is 0 Å². The summed E-state index contributed by atoms with van der Waals surface area (Å²) in [5.74, 6) is 0.0413. The fourth-order valence-corrected chi connectivity index (χ4v) is 2.23. The van der Waals surface area contributed by atoms with E-state index in [4.69, 9.17) is 11.0 Å². The minimum atomic E-state index is -0.593. The molecular formula is C14H17N3O. The van der Waals surface area contributed by atoms with Gasteiger partial charge in [-0.25, -0.2) is 0 Å². The predicted octanol–water partition coefficient (Wildman–Crippen LogP) is 1.45. The third-order valence-corrected chi connectivity index (χ3v) is 3.41. The maximum absolute atomic E-state index is 12.2. The van der Waals surface area contributed by atoms with Crippen LogP contribution in [0.4, 0.5) is 0 Å². The Bertz CT molecular complexity index is 444. The largest absolute Gasteiger partial charge is 0.341 e. The molecule has 2 rings (SSSR count). The van der Waals surface area contributed by atoms with Crippen molar-refractivity contribution in [3.05, 3.63) is 35.9 Å². The lowest BCUT2D eigenvalue weighted by molar-refractivity contribution is -0.133. The van der Waals surface area contributed by atoms with Gasteiger partial charge in [0.05, 0.1) is 6.07 Å². The number of carbonyl (C=O) groups excluding carboxylic acids is 1. The smallest absolute Gasteiger partial charge is 0.244 e. The number of nitrogens with zero attached hydrogens (tertiary/aromatic N) is 2. The first-order chi connectivity index (χ1) is 8.72. The molecule has 1 aliphatic rings. The molecule has 4 nitrogen and oxygen atoms in total. The predicted molar refractivity (Wildman–Crippen MR) is 68.3 cm³/mol. The van der Waals surface area contributed by atoms with Gasteiger partial charge in [-0.2, -0.15) is 5.26 Å². The van der Waals surface area contributed by atoms with Gasteiger partial charge in [-0.15, -0.1) is 0 Å². The number of hydrogen-bond acceptors (Lipinski definition) is 3. The normalized spacial score (nSPS) is 18.1. The van der Waals surface area contributed by atoms with Crippen LogP contribution in [0.1, 0.15) is 24.4 Å². The second kappa shape index (κ2) is 5.65. The number of hydrogen-bond donors (Lipinski definition) is 1. The third-order valence-electron chi connectivity index (χ3n) is 3.41. The first-order valence-electron chi connectivity index (χ1n) is 6.21. The molecule has 1 aromatic carbocycles. The lowest BCUT2D eigenvalue weighted by atomic mass is 9.97. The van der Waals surface area contributed by atoms with Crippen LogP contribution in [0, 0.1) is 17.2 Å². The highest BCUT2D eigenvalue weighted by Crippen LogP contribution is 2.20. The number of likely N-dealkylation sites (tertiary alicyclic amines) is 1. The van der Waals surface area contributed by atoms with Gasteiger partial charge in [-0.05, 0) is 18.4 Å². The Morgan fingerprint density at radius 1 is 1.33 bits per heavy atom. The highest BCUT2D eigenvalue weighted by molar-refractivity contribution is 5.83. The summed E-state index contributed by atoms with van der Waals surface area (Å²) in [5, 5.41) is 8.82. The number of piperidine rings is 1. The quantitative estimate of drug-likeness (QED) is 0.854. The second-order valence-electron chi connectivity index (χ2n) is 4.62. The molecule has 18 heavy (non-hydrogen) atoms.